The molecule has 0 aromatic rings. The van der Waals surface area contributed by atoms with Gasteiger partial charge in [0.2, 0.25) is 0 Å². The largest absolute Gasteiger partial charge is 0.466 e. The summed E-state index contributed by atoms with van der Waals surface area (Å²) in [6.07, 6.45) is 11.0. The molecule has 0 spiro atoms. The lowest BCUT2D eigenvalue weighted by Gasteiger charge is -2.05. The van der Waals surface area contributed by atoms with E-state index in [1.54, 1.807) is 0 Å². The molecule has 5 nitrogen and oxygen atoms in total. The number of carbonyl (C=O) groups is 2. The average molecular weight is 381 g/mol. The van der Waals surface area contributed by atoms with E-state index in [2.05, 4.69) is 32.9 Å². The minimum atomic E-state index is -0.445. The molecular weight excluding hydrogens is 344 g/mol. The van der Waals surface area contributed by atoms with Gasteiger partial charge in [-0.3, -0.25) is 9.59 Å². The fourth-order valence-electron chi connectivity index (χ4n) is 2.21. The van der Waals surface area contributed by atoms with Gasteiger partial charge >= 0.3 is 11.9 Å². The third-order valence-electron chi connectivity index (χ3n) is 3.90. The predicted octanol–water partition coefficient (Wildman–Crippen LogP) is 4.65. The van der Waals surface area contributed by atoms with Gasteiger partial charge in [-0.05, 0) is 59.5 Å². The molecule has 0 amide bonds. The maximum atomic E-state index is 11.6. The minimum absolute atomic E-state index is 0.00374. The number of hydrogen-bond acceptors (Lipinski definition) is 5. The zero-order valence-corrected chi connectivity index (χ0v) is 17.4. The molecule has 0 aliphatic heterocycles. The molecule has 0 aromatic heterocycles. The number of esters is 2. The fourth-order valence-corrected chi connectivity index (χ4v) is 2.21. The Morgan fingerprint density at radius 3 is 1.93 bits per heavy atom. The molecule has 5 heteroatoms. The van der Waals surface area contributed by atoms with Crippen LogP contribution in [0.4, 0.5) is 0 Å². The summed E-state index contributed by atoms with van der Waals surface area (Å²) in [5.41, 5.74) is 3.94. The van der Waals surface area contributed by atoms with Crippen molar-refractivity contribution < 1.29 is 24.2 Å². The van der Waals surface area contributed by atoms with Crippen molar-refractivity contribution in [1.29, 1.82) is 0 Å². The number of allylic oxidation sites excluding steroid dienone is 5. The van der Waals surface area contributed by atoms with Gasteiger partial charge in [0, 0.05) is 13.0 Å². The lowest BCUT2D eigenvalue weighted by molar-refractivity contribution is -0.149. The number of carbonyl (C=O) groups excluding carboxylic acids is 2. The number of hydrogen-bond donors (Lipinski definition) is 1. The maximum Gasteiger partial charge on any atom is 0.306 e. The predicted molar refractivity (Wildman–Crippen MR) is 108 cm³/mol. The second-order valence-corrected chi connectivity index (χ2v) is 6.94. The van der Waals surface area contributed by atoms with Crippen molar-refractivity contribution in [2.75, 3.05) is 19.8 Å². The Balaban J connectivity index is 3.89. The van der Waals surface area contributed by atoms with Gasteiger partial charge in [-0.2, -0.15) is 0 Å². The zero-order chi connectivity index (χ0) is 20.5. The van der Waals surface area contributed by atoms with Crippen LogP contribution in [0.25, 0.3) is 0 Å². The van der Waals surface area contributed by atoms with E-state index in [1.165, 1.54) is 16.7 Å². The van der Waals surface area contributed by atoms with Crippen molar-refractivity contribution in [1.82, 2.24) is 0 Å². The van der Waals surface area contributed by atoms with E-state index < -0.39 is 11.9 Å². The standard InChI is InChI=1S/C22H36O5/c1-18(2)8-5-9-19(3)10-6-11-20(4)14-17-27-22(25)13-12-21(24)26-16-7-15-23/h8,10,14,23H,5-7,9,11-13,15-17H2,1-4H3/b19-10+,20-14+. The lowest BCUT2D eigenvalue weighted by Crippen LogP contribution is -2.11. The van der Waals surface area contributed by atoms with E-state index in [1.807, 2.05) is 13.0 Å². The van der Waals surface area contributed by atoms with Gasteiger partial charge < -0.3 is 14.6 Å². The molecule has 0 aliphatic rings. The normalized spacial score (nSPS) is 11.9. The molecule has 0 saturated carbocycles. The Morgan fingerprint density at radius 1 is 0.778 bits per heavy atom. The third kappa shape index (κ3) is 17.3. The second-order valence-electron chi connectivity index (χ2n) is 6.94. The van der Waals surface area contributed by atoms with Crippen LogP contribution in [0.3, 0.4) is 0 Å². The summed E-state index contributed by atoms with van der Waals surface area (Å²) in [5, 5.41) is 8.60. The SMILES string of the molecule is CC(C)=CCC/C(C)=C/CC/C(C)=C/COC(=O)CCC(=O)OCCCO. The van der Waals surface area contributed by atoms with Crippen molar-refractivity contribution in [2.24, 2.45) is 0 Å². The van der Waals surface area contributed by atoms with Crippen molar-refractivity contribution in [3.05, 3.63) is 34.9 Å². The quantitative estimate of drug-likeness (QED) is 0.270. The highest BCUT2D eigenvalue weighted by Crippen LogP contribution is 2.11. The van der Waals surface area contributed by atoms with Crippen LogP contribution in [0.2, 0.25) is 0 Å². The first-order valence-corrected chi connectivity index (χ1v) is 9.72. The summed E-state index contributed by atoms with van der Waals surface area (Å²) >= 11 is 0. The smallest absolute Gasteiger partial charge is 0.306 e. The zero-order valence-electron chi connectivity index (χ0n) is 17.4. The van der Waals surface area contributed by atoms with E-state index in [0.717, 1.165) is 25.7 Å². The molecule has 0 radical (unpaired) electrons. The minimum Gasteiger partial charge on any atom is -0.466 e. The molecule has 0 aliphatic carbocycles. The first-order valence-electron chi connectivity index (χ1n) is 9.72. The number of aliphatic hydroxyl groups excluding tert-OH is 1. The molecule has 0 fully saturated rings. The van der Waals surface area contributed by atoms with E-state index in [9.17, 15) is 9.59 Å². The second kappa shape index (κ2) is 16.3. The lowest BCUT2D eigenvalue weighted by atomic mass is 10.1. The summed E-state index contributed by atoms with van der Waals surface area (Å²) in [6.45, 7) is 8.80. The van der Waals surface area contributed by atoms with Gasteiger partial charge in [0.15, 0.2) is 0 Å². The summed E-state index contributed by atoms with van der Waals surface area (Å²) in [7, 11) is 0. The Kier molecular flexibility index (Phi) is 15.2. The third-order valence-corrected chi connectivity index (χ3v) is 3.90. The molecule has 0 unspecified atom stereocenters. The van der Waals surface area contributed by atoms with Gasteiger partial charge in [-0.15, -0.1) is 0 Å². The Bertz CT molecular complexity index is 525. The summed E-state index contributed by atoms with van der Waals surface area (Å²) in [6, 6.07) is 0. The van der Waals surface area contributed by atoms with Crippen LogP contribution >= 0.6 is 0 Å². The Morgan fingerprint density at radius 2 is 1.33 bits per heavy atom. The van der Waals surface area contributed by atoms with Gasteiger partial charge in [0.05, 0.1) is 19.4 Å². The van der Waals surface area contributed by atoms with Gasteiger partial charge in [0.1, 0.15) is 6.61 Å². The van der Waals surface area contributed by atoms with E-state index in [-0.39, 0.29) is 32.7 Å². The van der Waals surface area contributed by atoms with Gasteiger partial charge in [-0.25, -0.2) is 0 Å². The maximum absolute atomic E-state index is 11.6. The first-order chi connectivity index (χ1) is 12.8. The van der Waals surface area contributed by atoms with Crippen LogP contribution in [0.1, 0.15) is 72.6 Å². The number of aliphatic hydroxyl groups is 1. The van der Waals surface area contributed by atoms with Crippen molar-refractivity contribution in [3.8, 4) is 0 Å². The number of rotatable bonds is 14. The molecule has 0 atom stereocenters. The molecule has 154 valence electrons. The monoisotopic (exact) mass is 380 g/mol. The Labute approximate surface area is 164 Å². The highest BCUT2D eigenvalue weighted by Gasteiger charge is 2.08. The van der Waals surface area contributed by atoms with Crippen LogP contribution in [0, 0.1) is 0 Å². The van der Waals surface area contributed by atoms with Crippen LogP contribution in [0.15, 0.2) is 34.9 Å². The summed E-state index contributed by atoms with van der Waals surface area (Å²) in [5.74, 6) is -0.855. The fraction of sp³-hybridized carbons (Fsp3) is 0.636. The molecule has 0 heterocycles. The highest BCUT2D eigenvalue weighted by molar-refractivity contribution is 5.77. The highest BCUT2D eigenvalue weighted by atomic mass is 16.5. The van der Waals surface area contributed by atoms with Crippen molar-refractivity contribution in [3.63, 3.8) is 0 Å². The molecule has 1 N–H and O–H groups in total. The molecule has 0 aromatic carbocycles. The van der Waals surface area contributed by atoms with Crippen molar-refractivity contribution >= 4 is 11.9 Å². The average Bonchev–Trinajstić information content (AvgIpc) is 2.60. The number of ether oxygens (including phenoxy) is 2. The van der Waals surface area contributed by atoms with E-state index in [4.69, 9.17) is 14.6 Å². The molecular formula is C22H36O5. The molecule has 27 heavy (non-hydrogen) atoms. The van der Waals surface area contributed by atoms with Crippen LogP contribution < -0.4 is 0 Å². The van der Waals surface area contributed by atoms with Crippen LogP contribution in [-0.2, 0) is 19.1 Å². The van der Waals surface area contributed by atoms with E-state index >= 15 is 0 Å². The van der Waals surface area contributed by atoms with E-state index in [0.29, 0.717) is 6.42 Å². The van der Waals surface area contributed by atoms with Crippen LogP contribution in [0.5, 0.6) is 0 Å². The van der Waals surface area contributed by atoms with Crippen LogP contribution in [-0.4, -0.2) is 36.9 Å². The molecule has 0 bridgehead atoms. The molecule has 0 rings (SSSR count). The van der Waals surface area contributed by atoms with Gasteiger partial charge in [-0.1, -0.05) is 28.9 Å². The van der Waals surface area contributed by atoms with Gasteiger partial charge in [0.25, 0.3) is 0 Å². The topological polar surface area (TPSA) is 72.8 Å². The summed E-state index contributed by atoms with van der Waals surface area (Å²) in [4.78, 5) is 22.9. The first kappa shape index (κ1) is 25.1. The Hall–Kier alpha value is -1.88. The molecule has 0 saturated heterocycles. The summed E-state index contributed by atoms with van der Waals surface area (Å²) < 4.78 is 9.95. The van der Waals surface area contributed by atoms with Crippen molar-refractivity contribution in [2.45, 2.75) is 72.6 Å².